The van der Waals surface area contributed by atoms with Crippen LogP contribution in [0.25, 0.3) is 0 Å². The summed E-state index contributed by atoms with van der Waals surface area (Å²) in [7, 11) is 0. The van der Waals surface area contributed by atoms with Gasteiger partial charge < -0.3 is 0 Å². The molecule has 0 aromatic carbocycles. The fourth-order valence-electron chi connectivity index (χ4n) is 0.427. The molecule has 8 heavy (non-hydrogen) atoms. The second-order valence-corrected chi connectivity index (χ2v) is 2.19. The highest BCUT2D eigenvalue weighted by Gasteiger charge is 2.09. The van der Waals surface area contributed by atoms with E-state index in [1.165, 1.54) is 0 Å². The Kier molecular flexibility index (Phi) is 3.83. The summed E-state index contributed by atoms with van der Waals surface area (Å²) in [6, 6.07) is 0. The maximum atomic E-state index is 9.73. The van der Waals surface area contributed by atoms with E-state index in [1.807, 2.05) is 13.8 Å². The van der Waals surface area contributed by atoms with Crippen LogP contribution in [0, 0.1) is 5.92 Å². The van der Waals surface area contributed by atoms with E-state index in [4.69, 9.17) is 0 Å². The molecular formula is C6H13O2. The molecule has 0 heterocycles. The normalized spacial score (nSPS) is 18.0. The largest absolute Gasteiger partial charge is 0.200 e. The highest BCUT2D eigenvalue weighted by Crippen LogP contribution is 2.08. The standard InChI is InChI=1S/C6H13O2/c1-4-5(2)6(3)8-7/h5-6H,4H2,1-3H3. The summed E-state index contributed by atoms with van der Waals surface area (Å²) >= 11 is 0. The van der Waals surface area contributed by atoms with Crippen LogP contribution >= 0.6 is 0 Å². The van der Waals surface area contributed by atoms with Crippen molar-refractivity contribution in [3.63, 3.8) is 0 Å². The third-order valence-corrected chi connectivity index (χ3v) is 1.60. The van der Waals surface area contributed by atoms with Gasteiger partial charge in [-0.1, -0.05) is 20.3 Å². The molecule has 2 nitrogen and oxygen atoms in total. The van der Waals surface area contributed by atoms with Crippen molar-refractivity contribution in [3.05, 3.63) is 0 Å². The molecule has 0 bridgehead atoms. The Hall–Kier alpha value is -0.0800. The minimum absolute atomic E-state index is 0.139. The molecule has 1 radical (unpaired) electrons. The van der Waals surface area contributed by atoms with Gasteiger partial charge in [0.05, 0.1) is 6.10 Å². The summed E-state index contributed by atoms with van der Waals surface area (Å²) in [6.45, 7) is 5.84. The third kappa shape index (κ3) is 2.28. The van der Waals surface area contributed by atoms with Gasteiger partial charge in [0.2, 0.25) is 0 Å². The Balaban J connectivity index is 3.29. The molecule has 2 atom stereocenters. The van der Waals surface area contributed by atoms with Crippen molar-refractivity contribution >= 4 is 0 Å². The van der Waals surface area contributed by atoms with Gasteiger partial charge in [0.15, 0.2) is 0 Å². The monoisotopic (exact) mass is 117 g/mol. The van der Waals surface area contributed by atoms with Gasteiger partial charge in [-0.3, -0.25) is 0 Å². The molecule has 0 fully saturated rings. The van der Waals surface area contributed by atoms with Crippen molar-refractivity contribution in [2.24, 2.45) is 5.92 Å². The Morgan fingerprint density at radius 1 is 1.50 bits per heavy atom. The first-order chi connectivity index (χ1) is 3.72. The summed E-state index contributed by atoms with van der Waals surface area (Å²) in [4.78, 5) is 3.85. The molecule has 0 aromatic heterocycles. The first kappa shape index (κ1) is 7.92. The Labute approximate surface area is 50.4 Å². The quantitative estimate of drug-likeness (QED) is 0.409. The van der Waals surface area contributed by atoms with E-state index in [0.29, 0.717) is 5.92 Å². The lowest BCUT2D eigenvalue weighted by Crippen LogP contribution is -2.14. The van der Waals surface area contributed by atoms with Gasteiger partial charge in [-0.2, -0.15) is 0 Å². The van der Waals surface area contributed by atoms with Crippen molar-refractivity contribution < 1.29 is 10.1 Å². The molecule has 0 saturated carbocycles. The van der Waals surface area contributed by atoms with Crippen LogP contribution in [0.4, 0.5) is 0 Å². The van der Waals surface area contributed by atoms with Gasteiger partial charge in [-0.05, 0) is 18.1 Å². The van der Waals surface area contributed by atoms with Crippen LogP contribution in [0.3, 0.4) is 0 Å². The molecule has 0 aromatic rings. The molecule has 2 heteroatoms. The van der Waals surface area contributed by atoms with Gasteiger partial charge >= 0.3 is 0 Å². The van der Waals surface area contributed by atoms with E-state index in [2.05, 4.69) is 4.89 Å². The highest BCUT2D eigenvalue weighted by atomic mass is 17.1. The lowest BCUT2D eigenvalue weighted by Gasteiger charge is -2.11. The van der Waals surface area contributed by atoms with Crippen molar-refractivity contribution in [3.8, 4) is 0 Å². The zero-order valence-electron chi connectivity index (χ0n) is 5.68. The second-order valence-electron chi connectivity index (χ2n) is 2.19. The molecule has 0 rings (SSSR count). The summed E-state index contributed by atoms with van der Waals surface area (Å²) < 4.78 is 0. The van der Waals surface area contributed by atoms with E-state index < -0.39 is 0 Å². The average molecular weight is 117 g/mol. The molecule has 0 N–H and O–H groups in total. The van der Waals surface area contributed by atoms with E-state index in [-0.39, 0.29) is 6.10 Å². The van der Waals surface area contributed by atoms with Gasteiger partial charge in [0.1, 0.15) is 0 Å². The smallest absolute Gasteiger partial charge is 0.0959 e. The minimum Gasteiger partial charge on any atom is -0.200 e. The first-order valence-electron chi connectivity index (χ1n) is 3.01. The van der Waals surface area contributed by atoms with Crippen LogP contribution in [0.2, 0.25) is 0 Å². The van der Waals surface area contributed by atoms with Crippen LogP contribution in [-0.4, -0.2) is 6.10 Å². The van der Waals surface area contributed by atoms with Crippen molar-refractivity contribution in [1.82, 2.24) is 0 Å². The SMILES string of the molecule is CCC(C)C(C)O[O]. The molecule has 49 valence electrons. The molecule has 0 aliphatic heterocycles. The van der Waals surface area contributed by atoms with Crippen molar-refractivity contribution in [1.29, 1.82) is 0 Å². The lowest BCUT2D eigenvalue weighted by atomic mass is 10.0. The minimum atomic E-state index is -0.139. The van der Waals surface area contributed by atoms with Gasteiger partial charge in [0, 0.05) is 0 Å². The van der Waals surface area contributed by atoms with Crippen LogP contribution in [0.1, 0.15) is 27.2 Å². The summed E-state index contributed by atoms with van der Waals surface area (Å²) in [5.41, 5.74) is 0. The Bertz CT molecular complexity index is 46.5. The lowest BCUT2D eigenvalue weighted by molar-refractivity contribution is -0.339. The molecule has 0 amide bonds. The van der Waals surface area contributed by atoms with Crippen molar-refractivity contribution in [2.75, 3.05) is 0 Å². The third-order valence-electron chi connectivity index (χ3n) is 1.60. The maximum absolute atomic E-state index is 9.73. The zero-order valence-corrected chi connectivity index (χ0v) is 5.68. The molecule has 0 saturated heterocycles. The van der Waals surface area contributed by atoms with E-state index in [9.17, 15) is 5.26 Å². The predicted octanol–water partition coefficient (Wildman–Crippen LogP) is 1.78. The van der Waals surface area contributed by atoms with Crippen LogP contribution in [0.5, 0.6) is 0 Å². The fraction of sp³-hybridized carbons (Fsp3) is 1.00. The fourth-order valence-corrected chi connectivity index (χ4v) is 0.427. The number of hydrogen-bond donors (Lipinski definition) is 0. The Morgan fingerprint density at radius 3 is 2.12 bits per heavy atom. The molecule has 0 aliphatic rings. The molecule has 0 spiro atoms. The molecule has 2 unspecified atom stereocenters. The summed E-state index contributed by atoms with van der Waals surface area (Å²) in [6.07, 6.45) is 0.864. The van der Waals surface area contributed by atoms with Crippen molar-refractivity contribution in [2.45, 2.75) is 33.3 Å². The van der Waals surface area contributed by atoms with Gasteiger partial charge in [-0.15, -0.1) is 0 Å². The highest BCUT2D eigenvalue weighted by molar-refractivity contribution is 4.55. The average Bonchev–Trinajstić information content (AvgIpc) is 1.84. The maximum Gasteiger partial charge on any atom is 0.0959 e. The summed E-state index contributed by atoms with van der Waals surface area (Å²) in [5, 5.41) is 9.73. The number of hydrogen-bond acceptors (Lipinski definition) is 1. The molecule has 0 aliphatic carbocycles. The predicted molar refractivity (Wildman–Crippen MR) is 30.7 cm³/mol. The van der Waals surface area contributed by atoms with Crippen LogP contribution < -0.4 is 0 Å². The Morgan fingerprint density at radius 2 is 2.00 bits per heavy atom. The molecular weight excluding hydrogens is 104 g/mol. The van der Waals surface area contributed by atoms with E-state index in [1.54, 1.807) is 6.92 Å². The topological polar surface area (TPSA) is 29.1 Å². The van der Waals surface area contributed by atoms with Crippen LogP contribution in [-0.2, 0) is 10.1 Å². The van der Waals surface area contributed by atoms with E-state index >= 15 is 0 Å². The number of rotatable bonds is 3. The first-order valence-corrected chi connectivity index (χ1v) is 3.01. The van der Waals surface area contributed by atoms with Crippen LogP contribution in [0.15, 0.2) is 0 Å². The second kappa shape index (κ2) is 3.87. The summed E-state index contributed by atoms with van der Waals surface area (Å²) in [5.74, 6) is 0.382. The van der Waals surface area contributed by atoms with E-state index in [0.717, 1.165) is 6.42 Å². The van der Waals surface area contributed by atoms with Gasteiger partial charge in [-0.25, -0.2) is 4.89 Å². The van der Waals surface area contributed by atoms with Gasteiger partial charge in [0.25, 0.3) is 0 Å². The zero-order chi connectivity index (χ0) is 6.57.